The topological polar surface area (TPSA) is 169 Å². The van der Waals surface area contributed by atoms with Crippen molar-refractivity contribution in [1.29, 1.82) is 0 Å². The average Bonchev–Trinajstić information content (AvgIpc) is 2.75. The van der Waals surface area contributed by atoms with Gasteiger partial charge in [0.2, 0.25) is 5.91 Å². The molecule has 0 bridgehead atoms. The predicted octanol–water partition coefficient (Wildman–Crippen LogP) is -1.12. The maximum absolute atomic E-state index is 12.8. The highest BCUT2D eigenvalue weighted by Crippen LogP contribution is 2.26. The maximum atomic E-state index is 12.8. The maximum Gasteiger partial charge on any atom is 0.328 e. The molecule has 176 valence electrons. The molecule has 5 unspecified atom stereocenters. The normalized spacial score (nSPS) is 16.1. The molecular weight excluding hydrogens is 392 g/mol. The fraction of sp³-hybridized carbons (Fsp3) is 0.850. The summed E-state index contributed by atoms with van der Waals surface area (Å²) in [4.78, 5) is 37.2. The van der Waals surface area contributed by atoms with Crippen LogP contribution in [0.4, 0.5) is 0 Å². The minimum absolute atomic E-state index is 0.339. The summed E-state index contributed by atoms with van der Waals surface area (Å²) in [7, 11) is 2.59. The molecule has 0 aromatic rings. The van der Waals surface area contributed by atoms with Gasteiger partial charge in [-0.3, -0.25) is 9.59 Å². The molecule has 0 aromatic carbocycles. The van der Waals surface area contributed by atoms with E-state index in [2.05, 4.69) is 22.3 Å². The molecule has 0 saturated heterocycles. The van der Waals surface area contributed by atoms with E-state index < -0.39 is 41.8 Å². The van der Waals surface area contributed by atoms with Gasteiger partial charge in [0, 0.05) is 12.0 Å². The second-order valence-electron chi connectivity index (χ2n) is 7.72. The lowest BCUT2D eigenvalue weighted by molar-refractivity contribution is -0.369. The molecule has 0 spiro atoms. The van der Waals surface area contributed by atoms with Crippen molar-refractivity contribution >= 4 is 17.8 Å². The minimum atomic E-state index is -0.738. The molecule has 0 aliphatic carbocycles. The van der Waals surface area contributed by atoms with Crippen molar-refractivity contribution in [2.75, 3.05) is 27.3 Å². The van der Waals surface area contributed by atoms with Gasteiger partial charge in [0.15, 0.2) is 0 Å². The number of amides is 1. The summed E-state index contributed by atoms with van der Waals surface area (Å²) in [5.41, 5.74) is 9.79. The number of nitrogens with one attached hydrogen (secondary N) is 2. The van der Waals surface area contributed by atoms with E-state index in [0.29, 0.717) is 12.8 Å². The molecule has 0 saturated carbocycles. The van der Waals surface area contributed by atoms with Crippen molar-refractivity contribution in [2.24, 2.45) is 17.8 Å². The summed E-state index contributed by atoms with van der Waals surface area (Å²) < 4.78 is 9.71. The molecule has 0 radical (unpaired) electrons. The fourth-order valence-corrected chi connectivity index (χ4v) is 3.48. The lowest BCUT2D eigenvalue weighted by Crippen LogP contribution is -2.51. The van der Waals surface area contributed by atoms with Crippen LogP contribution in [0.3, 0.4) is 0 Å². The van der Waals surface area contributed by atoms with Gasteiger partial charge in [-0.1, -0.05) is 13.8 Å². The first kappa shape index (κ1) is 28.2. The Morgan fingerprint density at radius 1 is 0.900 bits per heavy atom. The summed E-state index contributed by atoms with van der Waals surface area (Å²) in [6.45, 7) is 4.99. The predicted molar refractivity (Wildman–Crippen MR) is 110 cm³/mol. The number of carbonyl (C=O) groups is 3. The third-order valence-corrected chi connectivity index (χ3v) is 5.67. The van der Waals surface area contributed by atoms with Crippen molar-refractivity contribution in [3.05, 3.63) is 0 Å². The molecule has 5 atom stereocenters. The Labute approximate surface area is 179 Å². The highest BCUT2D eigenvalue weighted by molar-refractivity contribution is 5.85. The second-order valence-corrected chi connectivity index (χ2v) is 7.72. The van der Waals surface area contributed by atoms with Gasteiger partial charge in [-0.15, -0.1) is 0 Å². The monoisotopic (exact) mass is 434 g/mol. The fourth-order valence-electron chi connectivity index (χ4n) is 3.48. The number of esters is 2. The van der Waals surface area contributed by atoms with Crippen LogP contribution in [0.5, 0.6) is 0 Å². The van der Waals surface area contributed by atoms with E-state index in [4.69, 9.17) is 9.47 Å². The molecule has 0 fully saturated rings. The molecule has 0 heterocycles. The summed E-state index contributed by atoms with van der Waals surface area (Å²) >= 11 is 0. The van der Waals surface area contributed by atoms with Gasteiger partial charge >= 0.3 is 11.9 Å². The van der Waals surface area contributed by atoms with Crippen molar-refractivity contribution in [3.63, 3.8) is 0 Å². The second kappa shape index (κ2) is 16.0. The van der Waals surface area contributed by atoms with E-state index in [0.717, 1.165) is 38.8 Å². The average molecular weight is 435 g/mol. The van der Waals surface area contributed by atoms with E-state index in [1.807, 2.05) is 0 Å². The van der Waals surface area contributed by atoms with Crippen LogP contribution in [0, 0.1) is 17.8 Å². The molecule has 0 aliphatic rings. The van der Waals surface area contributed by atoms with Crippen molar-refractivity contribution < 1.29 is 40.5 Å². The number of hydrogen-bond acceptors (Lipinski definition) is 7. The lowest BCUT2D eigenvalue weighted by Gasteiger charge is -2.32. The van der Waals surface area contributed by atoms with Gasteiger partial charge < -0.3 is 31.5 Å². The highest BCUT2D eigenvalue weighted by atomic mass is 16.5. The Balaban J connectivity index is 5.25. The zero-order chi connectivity index (χ0) is 23.1. The van der Waals surface area contributed by atoms with Gasteiger partial charge in [-0.2, -0.15) is 0 Å². The van der Waals surface area contributed by atoms with Crippen LogP contribution in [0.1, 0.15) is 52.4 Å². The molecule has 30 heavy (non-hydrogen) atoms. The van der Waals surface area contributed by atoms with E-state index in [9.17, 15) is 19.6 Å². The quantitative estimate of drug-likeness (QED) is 0.116. The largest absolute Gasteiger partial charge is 0.469 e. The number of hydrogen-bond donors (Lipinski definition) is 5. The van der Waals surface area contributed by atoms with E-state index >= 15 is 0 Å². The summed E-state index contributed by atoms with van der Waals surface area (Å²) in [5.74, 6) is -2.86. The first-order valence-electron chi connectivity index (χ1n) is 10.7. The van der Waals surface area contributed by atoms with Crippen molar-refractivity contribution in [2.45, 2.75) is 64.5 Å². The molecule has 9 N–H and O–H groups in total. The zero-order valence-electron chi connectivity index (χ0n) is 18.9. The molecule has 0 aromatic heterocycles. The number of rotatable bonds is 16. The van der Waals surface area contributed by atoms with Crippen LogP contribution in [-0.2, 0) is 23.9 Å². The van der Waals surface area contributed by atoms with E-state index in [1.165, 1.54) is 14.2 Å². The molecule has 0 aliphatic heterocycles. The summed E-state index contributed by atoms with van der Waals surface area (Å²) in [6.07, 6.45) is 4.17. The van der Waals surface area contributed by atoms with Crippen LogP contribution in [0.25, 0.3) is 0 Å². The number of unbranched alkanes of at least 4 members (excludes halogenated alkanes) is 2. The first-order chi connectivity index (χ1) is 14.3. The Morgan fingerprint density at radius 3 is 1.90 bits per heavy atom. The third-order valence-electron chi connectivity index (χ3n) is 5.67. The van der Waals surface area contributed by atoms with Crippen molar-refractivity contribution in [3.8, 4) is 0 Å². The van der Waals surface area contributed by atoms with Gasteiger partial charge in [0.1, 0.15) is 6.04 Å². The van der Waals surface area contributed by atoms with Crippen LogP contribution < -0.4 is 22.3 Å². The Bertz CT molecular complexity index is 520. The number of carbonyl (C=O) groups excluding carboxylic acids is 3. The van der Waals surface area contributed by atoms with Crippen LogP contribution in [0.2, 0.25) is 0 Å². The minimum Gasteiger partial charge on any atom is -0.469 e. The zero-order valence-corrected chi connectivity index (χ0v) is 18.9. The molecule has 0 rings (SSSR count). The number of methoxy groups -OCH3 is 2. The first-order valence-corrected chi connectivity index (χ1v) is 10.7. The van der Waals surface area contributed by atoms with Gasteiger partial charge in [0.05, 0.1) is 33.2 Å². The lowest BCUT2D eigenvalue weighted by atomic mass is 9.79. The Morgan fingerprint density at radius 2 is 1.43 bits per heavy atom. The highest BCUT2D eigenvalue weighted by Gasteiger charge is 2.37. The summed E-state index contributed by atoms with van der Waals surface area (Å²) in [6, 6.07) is -1.41. The standard InChI is InChI=1S/C20H40N4O6/c1-13(17(24-28)15(19(26)29-3)9-5-7-11-21)14(2)18(25)23-16(20(27)30-4)10-6-8-12-22/h13-17,24,28H,5-12,21-22H2,1-4H3,(H,23,25)/p+2. The smallest absolute Gasteiger partial charge is 0.328 e. The van der Waals surface area contributed by atoms with E-state index in [-0.39, 0.29) is 5.91 Å². The van der Waals surface area contributed by atoms with Gasteiger partial charge in [-0.25, -0.2) is 10.3 Å². The SMILES string of the molecule is COC(=O)C(CCCC[NH3+])NC(=O)C(C)C(C)C(NO)C(CCCC[NH3+])C(=O)OC. The van der Waals surface area contributed by atoms with Crippen LogP contribution in [-0.4, -0.2) is 62.4 Å². The number of hydroxylamine groups is 1. The van der Waals surface area contributed by atoms with Crippen molar-refractivity contribution in [1.82, 2.24) is 10.8 Å². The van der Waals surface area contributed by atoms with Gasteiger partial charge in [0.25, 0.3) is 0 Å². The number of quaternary nitrogens is 2. The molecule has 1 amide bonds. The molecule has 10 nitrogen and oxygen atoms in total. The van der Waals surface area contributed by atoms with Gasteiger partial charge in [-0.05, 0) is 44.4 Å². The Kier molecular flexibility index (Phi) is 15.1. The van der Waals surface area contributed by atoms with Crippen LogP contribution in [0.15, 0.2) is 0 Å². The third kappa shape index (κ3) is 9.38. The Hall–Kier alpha value is -1.75. The summed E-state index contributed by atoms with van der Waals surface area (Å²) in [5, 5.41) is 12.5. The van der Waals surface area contributed by atoms with E-state index in [1.54, 1.807) is 13.8 Å². The van der Waals surface area contributed by atoms with Crippen LogP contribution >= 0.6 is 0 Å². The molecule has 10 heteroatoms. The number of ether oxygens (including phenoxy) is 2. The molecular formula is C20H42N4O6+2.